The Morgan fingerprint density at radius 2 is 1.07 bits per heavy atom. The van der Waals surface area contributed by atoms with Crippen LogP contribution in [0.25, 0.3) is 0 Å². The minimum Gasteiger partial charge on any atom is -0.489 e. The highest BCUT2D eigenvalue weighted by molar-refractivity contribution is 6.02. The van der Waals surface area contributed by atoms with Crippen molar-refractivity contribution in [2.75, 3.05) is 13.2 Å². The van der Waals surface area contributed by atoms with Crippen molar-refractivity contribution in [1.82, 2.24) is 10.6 Å². The van der Waals surface area contributed by atoms with E-state index in [1.54, 1.807) is 62.4 Å². The van der Waals surface area contributed by atoms with E-state index in [9.17, 15) is 19.8 Å². The van der Waals surface area contributed by atoms with Gasteiger partial charge in [0.2, 0.25) is 0 Å². The van der Waals surface area contributed by atoms with Crippen LogP contribution in [0.2, 0.25) is 0 Å². The van der Waals surface area contributed by atoms with E-state index >= 15 is 0 Å². The number of hydrogen-bond acceptors (Lipinski definition) is 6. The second-order valence-electron chi connectivity index (χ2n) is 9.28. The summed E-state index contributed by atoms with van der Waals surface area (Å²) < 4.78 is 11.5. The van der Waals surface area contributed by atoms with Crippen LogP contribution in [0, 0.1) is 0 Å². The molecule has 0 radical (unpaired) electrons. The van der Waals surface area contributed by atoms with Gasteiger partial charge in [0.25, 0.3) is 11.8 Å². The smallest absolute Gasteiger partial charge is 0.255 e. The lowest BCUT2D eigenvalue weighted by molar-refractivity contribution is 0.0837. The first-order valence-electron chi connectivity index (χ1n) is 13.0. The number of ether oxygens (including phenoxy) is 2. The van der Waals surface area contributed by atoms with Crippen molar-refractivity contribution in [1.29, 1.82) is 0 Å². The van der Waals surface area contributed by atoms with E-state index in [4.69, 9.17) is 9.47 Å². The van der Waals surface area contributed by atoms with Gasteiger partial charge in [-0.1, -0.05) is 86.0 Å². The van der Waals surface area contributed by atoms with E-state index in [1.165, 1.54) is 24.3 Å². The van der Waals surface area contributed by atoms with E-state index in [2.05, 4.69) is 23.8 Å². The zero-order valence-electron chi connectivity index (χ0n) is 22.7. The van der Waals surface area contributed by atoms with Crippen LogP contribution in [0.15, 0.2) is 98.1 Å². The highest BCUT2D eigenvalue weighted by Crippen LogP contribution is 2.31. The lowest BCUT2D eigenvalue weighted by Gasteiger charge is -2.23. The summed E-state index contributed by atoms with van der Waals surface area (Å²) in [6.45, 7) is 10.9. The Labute approximate surface area is 235 Å². The molecule has 0 saturated carbocycles. The number of carbonyl (C=O) groups excluding carboxylic acids is 2. The van der Waals surface area contributed by atoms with Crippen molar-refractivity contribution in [3.8, 4) is 11.5 Å². The first-order valence-corrected chi connectivity index (χ1v) is 13.0. The van der Waals surface area contributed by atoms with Crippen molar-refractivity contribution in [2.24, 2.45) is 0 Å². The number of carbonyl (C=O) groups is 2. The quantitative estimate of drug-likeness (QED) is 0.222. The Kier molecular flexibility index (Phi) is 11.1. The van der Waals surface area contributed by atoms with Gasteiger partial charge in [-0.05, 0) is 37.1 Å². The summed E-state index contributed by atoms with van der Waals surface area (Å²) in [6, 6.07) is 19.6. The van der Waals surface area contributed by atoms with Gasteiger partial charge in [0, 0.05) is 0 Å². The number of benzene rings is 3. The molecule has 210 valence electrons. The van der Waals surface area contributed by atoms with Crippen molar-refractivity contribution in [3.63, 3.8) is 0 Å². The zero-order valence-corrected chi connectivity index (χ0v) is 22.7. The van der Waals surface area contributed by atoms with Crippen molar-refractivity contribution in [3.05, 3.63) is 120 Å². The average molecular weight is 545 g/mol. The van der Waals surface area contributed by atoms with Gasteiger partial charge in [-0.15, -0.1) is 0 Å². The molecule has 8 heteroatoms. The van der Waals surface area contributed by atoms with Gasteiger partial charge in [-0.3, -0.25) is 9.59 Å². The van der Waals surface area contributed by atoms with Gasteiger partial charge in [0.15, 0.2) is 0 Å². The van der Waals surface area contributed by atoms with E-state index < -0.39 is 36.1 Å². The molecule has 0 heterocycles. The molecule has 4 N–H and O–H groups in total. The summed E-state index contributed by atoms with van der Waals surface area (Å²) in [5.74, 6) is -0.785. The summed E-state index contributed by atoms with van der Waals surface area (Å²) in [6.07, 6.45) is 1.15. The molecule has 3 aromatic carbocycles. The fourth-order valence-corrected chi connectivity index (χ4v) is 4.06. The monoisotopic (exact) mass is 544 g/mol. The number of aliphatic hydroxyl groups is 2. The maximum Gasteiger partial charge on any atom is 0.255 e. The third-order valence-electron chi connectivity index (χ3n) is 6.23. The molecule has 0 spiro atoms. The zero-order chi connectivity index (χ0) is 29.1. The minimum atomic E-state index is -0.943. The molecule has 0 aliphatic heterocycles. The van der Waals surface area contributed by atoms with E-state index in [0.717, 1.165) is 0 Å². The minimum absolute atomic E-state index is 0.0829. The third-order valence-corrected chi connectivity index (χ3v) is 6.23. The predicted molar refractivity (Wildman–Crippen MR) is 154 cm³/mol. The van der Waals surface area contributed by atoms with Gasteiger partial charge >= 0.3 is 0 Å². The van der Waals surface area contributed by atoms with Crippen LogP contribution in [-0.2, 0) is 0 Å². The second-order valence-corrected chi connectivity index (χ2v) is 9.28. The lowest BCUT2D eigenvalue weighted by Crippen LogP contribution is -2.38. The molecule has 3 aromatic rings. The van der Waals surface area contributed by atoms with E-state index in [0.29, 0.717) is 11.1 Å². The van der Waals surface area contributed by atoms with Crippen LogP contribution < -0.4 is 20.1 Å². The standard InChI is InChI=1S/C32H36N2O6/c1-5-17-39-27-19-26(32(38)34-22(4)30(36)24-15-11-8-12-16-24)28(40-18-6-2)20-25(27)31(37)33-21(3)29(35)23-13-9-7-10-14-23/h5-16,19-22,29-30,35-36H,1-2,17-18H2,3-4H3,(H,33,37)(H,34,38)/t21-,22-,29-,30-/m0/s1. The Hall–Kier alpha value is -4.40. The number of nitrogens with one attached hydrogen (secondary N) is 2. The van der Waals surface area contributed by atoms with Crippen LogP contribution in [-0.4, -0.2) is 47.3 Å². The SMILES string of the molecule is C=CCOc1cc(C(=O)N[C@@H](C)[C@H](O)c2ccccc2)c(OCC=C)cc1C(=O)N[C@@H](C)[C@H](O)c1ccccc1. The van der Waals surface area contributed by atoms with Crippen molar-refractivity contribution in [2.45, 2.75) is 38.1 Å². The molecule has 0 aliphatic rings. The molecule has 8 nitrogen and oxygen atoms in total. The Morgan fingerprint density at radius 1 is 0.725 bits per heavy atom. The van der Waals surface area contributed by atoms with Crippen LogP contribution in [0.1, 0.15) is 57.9 Å². The topological polar surface area (TPSA) is 117 Å². The summed E-state index contributed by atoms with van der Waals surface area (Å²) >= 11 is 0. The molecule has 3 rings (SSSR count). The van der Waals surface area contributed by atoms with Crippen molar-refractivity contribution >= 4 is 11.8 Å². The first-order chi connectivity index (χ1) is 19.3. The van der Waals surface area contributed by atoms with Crippen LogP contribution in [0.5, 0.6) is 11.5 Å². The number of amides is 2. The Balaban J connectivity index is 1.90. The molecule has 0 aliphatic carbocycles. The van der Waals surface area contributed by atoms with Crippen LogP contribution >= 0.6 is 0 Å². The van der Waals surface area contributed by atoms with Crippen molar-refractivity contribution < 1.29 is 29.3 Å². The van der Waals surface area contributed by atoms with Gasteiger partial charge in [0.1, 0.15) is 24.7 Å². The molecule has 0 unspecified atom stereocenters. The third kappa shape index (κ3) is 7.81. The normalized spacial score (nSPS) is 13.7. The molecule has 4 atom stereocenters. The molecule has 40 heavy (non-hydrogen) atoms. The Bertz CT molecular complexity index is 1190. The fraction of sp³-hybridized carbons (Fsp3) is 0.250. The first kappa shape index (κ1) is 30.1. The summed E-state index contributed by atoms with van der Waals surface area (Å²) in [7, 11) is 0. The van der Waals surface area contributed by atoms with Gasteiger partial charge in [-0.2, -0.15) is 0 Å². The van der Waals surface area contributed by atoms with Gasteiger partial charge in [-0.25, -0.2) is 0 Å². The van der Waals surface area contributed by atoms with Gasteiger partial charge in [0.05, 0.1) is 35.4 Å². The van der Waals surface area contributed by atoms with E-state index in [1.807, 2.05) is 12.1 Å². The van der Waals surface area contributed by atoms with Crippen LogP contribution in [0.3, 0.4) is 0 Å². The number of rotatable bonds is 14. The molecular weight excluding hydrogens is 508 g/mol. The fourth-order valence-electron chi connectivity index (χ4n) is 4.06. The molecule has 0 bridgehead atoms. The Morgan fingerprint density at radius 3 is 1.40 bits per heavy atom. The molecule has 0 aromatic heterocycles. The summed E-state index contributed by atoms with van der Waals surface area (Å²) in [4.78, 5) is 26.7. The highest BCUT2D eigenvalue weighted by Gasteiger charge is 2.26. The summed E-state index contributed by atoms with van der Waals surface area (Å²) in [5.41, 5.74) is 1.54. The summed E-state index contributed by atoms with van der Waals surface area (Å²) in [5, 5.41) is 27.1. The second kappa shape index (κ2) is 14.7. The predicted octanol–water partition coefficient (Wildman–Crippen LogP) is 4.52. The van der Waals surface area contributed by atoms with Crippen LogP contribution in [0.4, 0.5) is 0 Å². The lowest BCUT2D eigenvalue weighted by atomic mass is 10.0. The number of aliphatic hydroxyl groups excluding tert-OH is 2. The highest BCUT2D eigenvalue weighted by atomic mass is 16.5. The number of hydrogen-bond donors (Lipinski definition) is 4. The van der Waals surface area contributed by atoms with Gasteiger partial charge < -0.3 is 30.3 Å². The molecule has 0 saturated heterocycles. The maximum atomic E-state index is 13.4. The molecule has 0 fully saturated rings. The largest absolute Gasteiger partial charge is 0.489 e. The molecule has 2 amide bonds. The van der Waals surface area contributed by atoms with E-state index in [-0.39, 0.29) is 35.8 Å². The maximum absolute atomic E-state index is 13.4. The molecular formula is C32H36N2O6. The average Bonchev–Trinajstić information content (AvgIpc) is 2.98.